The Morgan fingerprint density at radius 3 is 3.09 bits per heavy atom. The number of aromatic amines is 1. The highest BCUT2D eigenvalue weighted by Crippen LogP contribution is 2.28. The number of H-pyrrole nitrogens is 1. The Balaban J connectivity index is 1.51. The predicted octanol–water partition coefficient (Wildman–Crippen LogP) is 1.98. The molecule has 4 rings (SSSR count). The van der Waals surface area contributed by atoms with Crippen molar-refractivity contribution in [1.82, 2.24) is 29.9 Å². The van der Waals surface area contributed by atoms with Crippen LogP contribution in [0.15, 0.2) is 36.8 Å². The molecule has 0 aliphatic carbocycles. The van der Waals surface area contributed by atoms with Gasteiger partial charge in [-0.15, -0.1) is 0 Å². The Kier molecular flexibility index (Phi) is 3.23. The summed E-state index contributed by atoms with van der Waals surface area (Å²) >= 11 is 0. The van der Waals surface area contributed by atoms with Crippen LogP contribution in [0, 0.1) is 0 Å². The second-order valence-electron chi connectivity index (χ2n) is 5.64. The van der Waals surface area contributed by atoms with E-state index >= 15 is 0 Å². The summed E-state index contributed by atoms with van der Waals surface area (Å²) < 4.78 is 0. The smallest absolute Gasteiger partial charge is 0.137 e. The molecule has 0 saturated heterocycles. The molecule has 0 atom stereocenters. The molecule has 0 fully saturated rings. The Morgan fingerprint density at radius 1 is 1.36 bits per heavy atom. The molecule has 0 radical (unpaired) electrons. The van der Waals surface area contributed by atoms with Gasteiger partial charge < -0.3 is 4.98 Å². The van der Waals surface area contributed by atoms with Crippen LogP contribution in [0.2, 0.25) is 0 Å². The highest BCUT2D eigenvalue weighted by atomic mass is 15.5. The first-order valence-electron chi connectivity index (χ1n) is 7.48. The maximum absolute atomic E-state index is 4.36. The first-order valence-corrected chi connectivity index (χ1v) is 7.48. The second kappa shape index (κ2) is 5.38. The van der Waals surface area contributed by atoms with Crippen molar-refractivity contribution in [3.63, 3.8) is 0 Å². The molecule has 3 aromatic heterocycles. The van der Waals surface area contributed by atoms with Crippen molar-refractivity contribution in [3.8, 4) is 0 Å². The van der Waals surface area contributed by atoms with Crippen LogP contribution in [-0.2, 0) is 13.6 Å². The van der Waals surface area contributed by atoms with E-state index in [1.54, 1.807) is 4.80 Å². The summed E-state index contributed by atoms with van der Waals surface area (Å²) in [6.07, 6.45) is 9.09. The summed E-state index contributed by atoms with van der Waals surface area (Å²) in [5.74, 6) is 0. The molecule has 0 spiro atoms. The standard InChI is InChI=1S/C16H18N6/c1-21-19-9-13(20-21)11-22-7-4-12(5-8-22)15-10-18-16-14(15)3-2-6-17-16/h2-4,6,9-10H,5,7-8,11H2,1H3,(H,17,18). The third-order valence-electron chi connectivity index (χ3n) is 4.12. The van der Waals surface area contributed by atoms with Crippen LogP contribution in [0.5, 0.6) is 0 Å². The van der Waals surface area contributed by atoms with Crippen molar-refractivity contribution in [1.29, 1.82) is 0 Å². The number of hydrogen-bond acceptors (Lipinski definition) is 4. The number of aromatic nitrogens is 5. The topological polar surface area (TPSA) is 62.6 Å². The monoisotopic (exact) mass is 294 g/mol. The number of fused-ring (bicyclic) bond motifs is 1. The van der Waals surface area contributed by atoms with Crippen molar-refractivity contribution in [2.24, 2.45) is 7.05 Å². The Labute approximate surface area is 128 Å². The Morgan fingerprint density at radius 2 is 2.32 bits per heavy atom. The van der Waals surface area contributed by atoms with Gasteiger partial charge in [0.1, 0.15) is 5.65 Å². The highest BCUT2D eigenvalue weighted by molar-refractivity contribution is 5.90. The summed E-state index contributed by atoms with van der Waals surface area (Å²) in [4.78, 5) is 11.6. The zero-order valence-corrected chi connectivity index (χ0v) is 12.5. The van der Waals surface area contributed by atoms with Crippen molar-refractivity contribution in [2.75, 3.05) is 13.1 Å². The van der Waals surface area contributed by atoms with Crippen LogP contribution in [0.25, 0.3) is 16.6 Å². The van der Waals surface area contributed by atoms with E-state index in [0.29, 0.717) is 0 Å². The summed E-state index contributed by atoms with van der Waals surface area (Å²) in [5.41, 5.74) is 4.66. The van der Waals surface area contributed by atoms with E-state index in [0.717, 1.165) is 37.4 Å². The van der Waals surface area contributed by atoms with Gasteiger partial charge in [0, 0.05) is 50.0 Å². The molecule has 0 amide bonds. The van der Waals surface area contributed by atoms with E-state index in [9.17, 15) is 0 Å². The van der Waals surface area contributed by atoms with E-state index < -0.39 is 0 Å². The Bertz CT molecular complexity index is 828. The molecular weight excluding hydrogens is 276 g/mol. The summed E-state index contributed by atoms with van der Waals surface area (Å²) in [5, 5.41) is 9.67. The molecule has 22 heavy (non-hydrogen) atoms. The largest absolute Gasteiger partial charge is 0.346 e. The fraction of sp³-hybridized carbons (Fsp3) is 0.312. The third kappa shape index (κ3) is 2.42. The number of rotatable bonds is 3. The number of aryl methyl sites for hydroxylation is 1. The van der Waals surface area contributed by atoms with Gasteiger partial charge in [0.2, 0.25) is 0 Å². The van der Waals surface area contributed by atoms with Crippen molar-refractivity contribution >= 4 is 16.6 Å². The van der Waals surface area contributed by atoms with E-state index in [4.69, 9.17) is 0 Å². The molecule has 6 nitrogen and oxygen atoms in total. The second-order valence-corrected chi connectivity index (χ2v) is 5.64. The lowest BCUT2D eigenvalue weighted by Gasteiger charge is -2.25. The average Bonchev–Trinajstić information content (AvgIpc) is 3.14. The quantitative estimate of drug-likeness (QED) is 0.802. The van der Waals surface area contributed by atoms with Crippen LogP contribution in [0.1, 0.15) is 17.7 Å². The van der Waals surface area contributed by atoms with Crippen LogP contribution < -0.4 is 0 Å². The molecular formula is C16H18N6. The van der Waals surface area contributed by atoms with Gasteiger partial charge in [0.15, 0.2) is 0 Å². The number of hydrogen-bond donors (Lipinski definition) is 1. The summed E-state index contributed by atoms with van der Waals surface area (Å²) in [7, 11) is 1.85. The third-order valence-corrected chi connectivity index (χ3v) is 4.12. The molecule has 3 aromatic rings. The van der Waals surface area contributed by atoms with Gasteiger partial charge in [-0.3, -0.25) is 4.90 Å². The van der Waals surface area contributed by atoms with Crippen molar-refractivity contribution in [3.05, 3.63) is 48.1 Å². The lowest BCUT2D eigenvalue weighted by Crippen LogP contribution is -2.28. The van der Waals surface area contributed by atoms with Gasteiger partial charge in [0.25, 0.3) is 0 Å². The van der Waals surface area contributed by atoms with E-state index in [1.165, 1.54) is 16.5 Å². The number of nitrogens with one attached hydrogen (secondary N) is 1. The molecule has 0 aromatic carbocycles. The average molecular weight is 294 g/mol. The molecule has 1 aliphatic rings. The summed E-state index contributed by atoms with van der Waals surface area (Å²) in [6.45, 7) is 2.83. The van der Waals surface area contributed by atoms with Gasteiger partial charge in [-0.25, -0.2) is 4.98 Å². The molecule has 0 saturated carbocycles. The molecule has 0 unspecified atom stereocenters. The maximum Gasteiger partial charge on any atom is 0.137 e. The lowest BCUT2D eigenvalue weighted by atomic mass is 9.99. The Hall–Kier alpha value is -2.47. The number of nitrogens with zero attached hydrogens (tertiary/aromatic N) is 5. The zero-order chi connectivity index (χ0) is 14.9. The SMILES string of the molecule is Cn1ncc(CN2CC=C(c3c[nH]c4ncccc34)CC2)n1. The van der Waals surface area contributed by atoms with Gasteiger partial charge in [-0.1, -0.05) is 6.08 Å². The highest BCUT2D eigenvalue weighted by Gasteiger charge is 2.16. The van der Waals surface area contributed by atoms with Gasteiger partial charge in [-0.2, -0.15) is 15.0 Å². The molecule has 0 bridgehead atoms. The molecule has 1 aliphatic heterocycles. The van der Waals surface area contributed by atoms with E-state index in [1.807, 2.05) is 25.5 Å². The van der Waals surface area contributed by atoms with Crippen molar-refractivity contribution in [2.45, 2.75) is 13.0 Å². The zero-order valence-electron chi connectivity index (χ0n) is 12.5. The molecule has 1 N–H and O–H groups in total. The van der Waals surface area contributed by atoms with Gasteiger partial charge >= 0.3 is 0 Å². The predicted molar refractivity (Wildman–Crippen MR) is 85.0 cm³/mol. The van der Waals surface area contributed by atoms with Gasteiger partial charge in [0.05, 0.1) is 11.9 Å². The molecule has 4 heterocycles. The van der Waals surface area contributed by atoms with Crippen LogP contribution in [0.3, 0.4) is 0 Å². The maximum atomic E-state index is 4.36. The minimum absolute atomic E-state index is 0.854. The van der Waals surface area contributed by atoms with Crippen LogP contribution >= 0.6 is 0 Å². The number of pyridine rings is 1. The minimum atomic E-state index is 0.854. The minimum Gasteiger partial charge on any atom is -0.346 e. The lowest BCUT2D eigenvalue weighted by molar-refractivity contribution is 0.289. The van der Waals surface area contributed by atoms with Crippen LogP contribution in [0.4, 0.5) is 0 Å². The van der Waals surface area contributed by atoms with E-state index in [2.05, 4.69) is 43.4 Å². The molecule has 6 heteroatoms. The van der Waals surface area contributed by atoms with Crippen LogP contribution in [-0.4, -0.2) is 43.0 Å². The molecule has 112 valence electrons. The first kappa shape index (κ1) is 13.2. The van der Waals surface area contributed by atoms with E-state index in [-0.39, 0.29) is 0 Å². The van der Waals surface area contributed by atoms with Gasteiger partial charge in [-0.05, 0) is 24.1 Å². The normalized spacial score (nSPS) is 16.1. The fourth-order valence-electron chi connectivity index (χ4n) is 3.01. The fourth-order valence-corrected chi connectivity index (χ4v) is 3.01. The summed E-state index contributed by atoms with van der Waals surface area (Å²) in [6, 6.07) is 4.12. The first-order chi connectivity index (χ1) is 10.8. The van der Waals surface area contributed by atoms with Crippen molar-refractivity contribution < 1.29 is 0 Å².